The molecule has 0 aliphatic rings. The molecule has 0 bridgehead atoms. The smallest absolute Gasteiger partial charge is 0.305 e. The van der Waals surface area contributed by atoms with Gasteiger partial charge in [-0.1, -0.05) is 130 Å². The Morgan fingerprint density at radius 2 is 1.09 bits per heavy atom. The van der Waals surface area contributed by atoms with Gasteiger partial charge < -0.3 is 19.5 Å². The Bertz CT molecular complexity index is 523. The summed E-state index contributed by atoms with van der Waals surface area (Å²) in [7, 11) is 0. The highest BCUT2D eigenvalue weighted by molar-refractivity contribution is 5.69. The number of rotatable bonds is 33. The molecule has 6 heteroatoms. The predicted molar refractivity (Wildman–Crippen MR) is 184 cm³/mol. The van der Waals surface area contributed by atoms with E-state index < -0.39 is 0 Å². The molecule has 0 unspecified atom stereocenters. The number of aliphatic hydroxyl groups is 1. The Morgan fingerprint density at radius 3 is 1.60 bits per heavy atom. The molecule has 6 nitrogen and oxygen atoms in total. The van der Waals surface area contributed by atoms with Crippen molar-refractivity contribution in [2.24, 2.45) is 0 Å². The van der Waals surface area contributed by atoms with Crippen LogP contribution in [0, 0.1) is 0 Å². The van der Waals surface area contributed by atoms with Crippen molar-refractivity contribution >= 4 is 12.4 Å². The molecule has 0 aromatic rings. The number of ether oxygens (including phenoxy) is 2. The average Bonchev–Trinajstić information content (AvgIpc) is 3.00. The minimum Gasteiger partial charge on any atom is -0.466 e. The molecule has 0 saturated carbocycles. The first-order valence-electron chi connectivity index (χ1n) is 18.7. The summed E-state index contributed by atoms with van der Waals surface area (Å²) in [6, 6.07) is 0. The summed E-state index contributed by atoms with van der Waals surface area (Å²) in [5.74, 6) is -0.0275. The lowest BCUT2D eigenvalue weighted by atomic mass is 10.0. The van der Waals surface area contributed by atoms with Crippen LogP contribution in [0.1, 0.15) is 188 Å². The van der Waals surface area contributed by atoms with E-state index in [2.05, 4.69) is 32.6 Å². The molecule has 0 fully saturated rings. The predicted octanol–water partition coefficient (Wildman–Crippen LogP) is 10.2. The van der Waals surface area contributed by atoms with Crippen LogP contribution in [0.15, 0.2) is 0 Å². The van der Waals surface area contributed by atoms with Gasteiger partial charge in [0.15, 0.2) is 0 Å². The standard InChI is InChI=1S/C19H39NO3.C18H36O2/c1-3-5-12-18-23-19(22)13-10-8-6-7-9-11-15-20(14-4-2)16-17-21;1-3-5-7-9-11-13-15-18(20-17-19)16-14-12-10-8-6-4-2/h21H,3-18H2,1-2H3;17-18H,3-16H2,1-2H3. The third-order valence-corrected chi connectivity index (χ3v) is 8.08. The number of carbonyl (C=O) groups excluding carboxylic acids is 2. The summed E-state index contributed by atoms with van der Waals surface area (Å²) in [6.07, 6.45) is 29.9. The van der Waals surface area contributed by atoms with E-state index in [1.54, 1.807) is 0 Å². The Kier molecular flexibility index (Phi) is 39.8. The molecule has 0 spiro atoms. The van der Waals surface area contributed by atoms with Crippen LogP contribution in [0.2, 0.25) is 0 Å². The van der Waals surface area contributed by atoms with E-state index in [0.717, 1.165) is 71.0 Å². The highest BCUT2D eigenvalue weighted by Gasteiger charge is 2.09. The minimum absolute atomic E-state index is 0.0275. The number of unbranched alkanes of at least 4 members (excludes halogenated alkanes) is 17. The monoisotopic (exact) mass is 614 g/mol. The molecule has 0 aromatic carbocycles. The fourth-order valence-electron chi connectivity index (χ4n) is 5.38. The highest BCUT2D eigenvalue weighted by Crippen LogP contribution is 2.16. The van der Waals surface area contributed by atoms with Gasteiger partial charge in [0, 0.05) is 13.0 Å². The molecular formula is C37H75NO5. The van der Waals surface area contributed by atoms with Crippen molar-refractivity contribution in [1.82, 2.24) is 4.90 Å². The average molecular weight is 614 g/mol. The molecule has 0 aromatic heterocycles. The van der Waals surface area contributed by atoms with Crippen molar-refractivity contribution in [3.8, 4) is 0 Å². The molecule has 0 saturated heterocycles. The number of carbonyl (C=O) groups is 2. The van der Waals surface area contributed by atoms with Crippen molar-refractivity contribution in [2.45, 2.75) is 194 Å². The first-order chi connectivity index (χ1) is 21.1. The SMILES string of the molecule is CCCCCCCCC(CCCCCCCC)OC=O.CCCCCOC(=O)CCCCCCCCN(CCC)CCO. The summed E-state index contributed by atoms with van der Waals surface area (Å²) in [5.41, 5.74) is 0. The van der Waals surface area contributed by atoms with Gasteiger partial charge in [0.25, 0.3) is 6.47 Å². The molecule has 0 aliphatic heterocycles. The second-order valence-electron chi connectivity index (χ2n) is 12.3. The van der Waals surface area contributed by atoms with Crippen LogP contribution in [-0.2, 0) is 19.1 Å². The molecule has 0 heterocycles. The van der Waals surface area contributed by atoms with Crippen LogP contribution in [0.25, 0.3) is 0 Å². The third-order valence-electron chi connectivity index (χ3n) is 8.08. The maximum Gasteiger partial charge on any atom is 0.305 e. The van der Waals surface area contributed by atoms with Gasteiger partial charge in [-0.05, 0) is 64.5 Å². The molecule has 258 valence electrons. The van der Waals surface area contributed by atoms with Gasteiger partial charge in [0.1, 0.15) is 6.10 Å². The Hall–Kier alpha value is -1.14. The maximum atomic E-state index is 11.5. The van der Waals surface area contributed by atoms with E-state index in [-0.39, 0.29) is 18.7 Å². The second-order valence-corrected chi connectivity index (χ2v) is 12.3. The van der Waals surface area contributed by atoms with E-state index in [0.29, 0.717) is 19.5 Å². The summed E-state index contributed by atoms with van der Waals surface area (Å²) < 4.78 is 10.4. The van der Waals surface area contributed by atoms with Crippen molar-refractivity contribution in [1.29, 1.82) is 0 Å². The lowest BCUT2D eigenvalue weighted by molar-refractivity contribution is -0.144. The summed E-state index contributed by atoms with van der Waals surface area (Å²) in [5, 5.41) is 9.01. The number of esters is 1. The minimum atomic E-state index is -0.0275. The van der Waals surface area contributed by atoms with Crippen molar-refractivity contribution in [2.75, 3.05) is 32.8 Å². The van der Waals surface area contributed by atoms with E-state index >= 15 is 0 Å². The lowest BCUT2D eigenvalue weighted by Crippen LogP contribution is -2.28. The van der Waals surface area contributed by atoms with Gasteiger partial charge in [-0.2, -0.15) is 0 Å². The second kappa shape index (κ2) is 38.9. The molecule has 1 N–H and O–H groups in total. The molecule has 0 amide bonds. The zero-order valence-electron chi connectivity index (χ0n) is 29.4. The fraction of sp³-hybridized carbons (Fsp3) is 0.946. The normalized spacial score (nSPS) is 11.0. The van der Waals surface area contributed by atoms with Crippen LogP contribution in [0.3, 0.4) is 0 Å². The van der Waals surface area contributed by atoms with Crippen molar-refractivity contribution in [3.63, 3.8) is 0 Å². The number of aliphatic hydroxyl groups excluding tert-OH is 1. The lowest BCUT2D eigenvalue weighted by Gasteiger charge is -2.20. The van der Waals surface area contributed by atoms with Crippen LogP contribution < -0.4 is 0 Å². The molecule has 0 aliphatic carbocycles. The number of hydrogen-bond donors (Lipinski definition) is 1. The summed E-state index contributed by atoms with van der Waals surface area (Å²) in [4.78, 5) is 24.4. The largest absolute Gasteiger partial charge is 0.466 e. The molecule has 0 rings (SSSR count). The Balaban J connectivity index is 0. The highest BCUT2D eigenvalue weighted by atomic mass is 16.5. The van der Waals surface area contributed by atoms with Crippen molar-refractivity contribution < 1.29 is 24.2 Å². The number of hydrogen-bond acceptors (Lipinski definition) is 6. The summed E-state index contributed by atoms with van der Waals surface area (Å²) >= 11 is 0. The van der Waals surface area contributed by atoms with Gasteiger partial charge in [-0.15, -0.1) is 0 Å². The molecular weight excluding hydrogens is 538 g/mol. The van der Waals surface area contributed by atoms with Crippen LogP contribution in [0.4, 0.5) is 0 Å². The van der Waals surface area contributed by atoms with Crippen LogP contribution in [-0.4, -0.2) is 61.4 Å². The van der Waals surface area contributed by atoms with E-state index in [4.69, 9.17) is 14.6 Å². The number of nitrogens with zero attached hydrogens (tertiary/aromatic N) is 1. The zero-order valence-corrected chi connectivity index (χ0v) is 29.4. The van der Waals surface area contributed by atoms with Gasteiger partial charge in [0.2, 0.25) is 0 Å². The zero-order chi connectivity index (χ0) is 32.1. The molecule has 0 radical (unpaired) electrons. The first kappa shape index (κ1) is 44.0. The molecule has 0 atom stereocenters. The Morgan fingerprint density at radius 1 is 0.605 bits per heavy atom. The first-order valence-corrected chi connectivity index (χ1v) is 18.7. The summed E-state index contributed by atoms with van der Waals surface area (Å²) in [6.45, 7) is 13.3. The third kappa shape index (κ3) is 37.0. The van der Waals surface area contributed by atoms with E-state index in [9.17, 15) is 9.59 Å². The van der Waals surface area contributed by atoms with E-state index in [1.165, 1.54) is 103 Å². The van der Waals surface area contributed by atoms with Gasteiger partial charge >= 0.3 is 5.97 Å². The Labute approximate surface area is 268 Å². The van der Waals surface area contributed by atoms with Crippen molar-refractivity contribution in [3.05, 3.63) is 0 Å². The molecule has 43 heavy (non-hydrogen) atoms. The fourth-order valence-corrected chi connectivity index (χ4v) is 5.38. The van der Waals surface area contributed by atoms with Gasteiger partial charge in [-0.25, -0.2) is 0 Å². The van der Waals surface area contributed by atoms with Gasteiger partial charge in [-0.3, -0.25) is 9.59 Å². The van der Waals surface area contributed by atoms with Gasteiger partial charge in [0.05, 0.1) is 13.2 Å². The van der Waals surface area contributed by atoms with Crippen LogP contribution in [0.5, 0.6) is 0 Å². The van der Waals surface area contributed by atoms with E-state index in [1.807, 2.05) is 0 Å². The topological polar surface area (TPSA) is 76.1 Å². The van der Waals surface area contributed by atoms with Crippen LogP contribution >= 0.6 is 0 Å². The quantitative estimate of drug-likeness (QED) is 0.0451. The maximum absolute atomic E-state index is 11.5.